The number of carbonyl (C=O) groups excluding carboxylic acids is 1. The quantitative estimate of drug-likeness (QED) is 0.807. The van der Waals surface area contributed by atoms with Crippen molar-refractivity contribution in [3.63, 3.8) is 0 Å². The number of rotatable bonds is 1. The van der Waals surface area contributed by atoms with Gasteiger partial charge in [0.25, 0.3) is 5.91 Å². The first-order valence-corrected chi connectivity index (χ1v) is 8.69. The Hall–Kier alpha value is -1.66. The highest BCUT2D eigenvalue weighted by molar-refractivity contribution is 7.92. The number of nitriles is 1. The van der Waals surface area contributed by atoms with Crippen molar-refractivity contribution >= 4 is 33.4 Å². The van der Waals surface area contributed by atoms with Crippen LogP contribution < -0.4 is 4.31 Å². The van der Waals surface area contributed by atoms with E-state index >= 15 is 0 Å². The number of fused-ring (bicyclic) bond motifs is 1. The lowest BCUT2D eigenvalue weighted by Gasteiger charge is -2.24. The van der Waals surface area contributed by atoms with E-state index in [-0.39, 0.29) is 29.2 Å². The molecule has 23 heavy (non-hydrogen) atoms. The van der Waals surface area contributed by atoms with E-state index in [4.69, 9.17) is 16.9 Å². The molecule has 1 N–H and O–H groups in total. The number of aliphatic hydroxyl groups is 1. The number of hydrogen-bond acceptors (Lipinski definition) is 5. The molecular weight excluding hydrogens is 342 g/mol. The standard InChI is InChI=1S/C14H14ClN3O4S/c1-8-10(4-3-9(7-16)12(8)15)18-13(20)14(2)11(19)5-6-17(14)23(18,21)22/h3-4,11,19H,5-6H2,1-2H3/t11-,14?/m1/s1. The van der Waals surface area contributed by atoms with E-state index < -0.39 is 27.8 Å². The van der Waals surface area contributed by atoms with Gasteiger partial charge in [0.15, 0.2) is 0 Å². The molecule has 2 heterocycles. The fourth-order valence-corrected chi connectivity index (χ4v) is 5.40. The number of aliphatic hydroxyl groups excluding tert-OH is 1. The summed E-state index contributed by atoms with van der Waals surface area (Å²) >= 11 is 6.08. The van der Waals surface area contributed by atoms with Crippen molar-refractivity contribution in [3.8, 4) is 6.07 Å². The summed E-state index contributed by atoms with van der Waals surface area (Å²) in [6, 6.07) is 4.66. The molecule has 2 atom stereocenters. The zero-order valence-electron chi connectivity index (χ0n) is 12.4. The molecule has 0 saturated carbocycles. The average Bonchev–Trinajstić information content (AvgIpc) is 2.88. The summed E-state index contributed by atoms with van der Waals surface area (Å²) < 4.78 is 27.2. The van der Waals surface area contributed by atoms with Crippen molar-refractivity contribution < 1.29 is 18.3 Å². The van der Waals surface area contributed by atoms with Gasteiger partial charge in [0.2, 0.25) is 0 Å². The van der Waals surface area contributed by atoms with Crippen LogP contribution in [-0.2, 0) is 15.0 Å². The molecule has 1 unspecified atom stereocenters. The van der Waals surface area contributed by atoms with Gasteiger partial charge in [-0.15, -0.1) is 0 Å². The highest BCUT2D eigenvalue weighted by Crippen LogP contribution is 2.44. The third-order valence-corrected chi connectivity index (χ3v) is 7.03. The predicted octanol–water partition coefficient (Wildman–Crippen LogP) is 0.937. The lowest BCUT2D eigenvalue weighted by Crippen LogP contribution is -2.49. The number of hydrogen-bond donors (Lipinski definition) is 1. The lowest BCUT2D eigenvalue weighted by molar-refractivity contribution is -0.126. The van der Waals surface area contributed by atoms with Crippen LogP contribution in [0.2, 0.25) is 5.02 Å². The number of anilines is 1. The molecule has 9 heteroatoms. The third-order valence-electron chi connectivity index (χ3n) is 4.60. The molecule has 0 aromatic heterocycles. The van der Waals surface area contributed by atoms with Gasteiger partial charge in [0.05, 0.1) is 22.4 Å². The smallest absolute Gasteiger partial charge is 0.311 e. The Labute approximate surface area is 138 Å². The molecule has 0 bridgehead atoms. The summed E-state index contributed by atoms with van der Waals surface area (Å²) in [6.45, 7) is 3.04. The summed E-state index contributed by atoms with van der Waals surface area (Å²) in [4.78, 5) is 12.8. The molecule has 2 fully saturated rings. The van der Waals surface area contributed by atoms with Crippen LogP contribution in [0.5, 0.6) is 0 Å². The van der Waals surface area contributed by atoms with E-state index in [1.165, 1.54) is 19.1 Å². The fourth-order valence-electron chi connectivity index (χ4n) is 3.15. The normalized spacial score (nSPS) is 29.6. The summed E-state index contributed by atoms with van der Waals surface area (Å²) in [6.07, 6.45) is -0.855. The largest absolute Gasteiger partial charge is 0.391 e. The van der Waals surface area contributed by atoms with Crippen LogP contribution in [0.3, 0.4) is 0 Å². The molecule has 0 spiro atoms. The van der Waals surface area contributed by atoms with E-state index in [0.29, 0.717) is 9.87 Å². The number of nitrogens with zero attached hydrogens (tertiary/aromatic N) is 3. The van der Waals surface area contributed by atoms with E-state index in [1.54, 1.807) is 6.92 Å². The van der Waals surface area contributed by atoms with E-state index in [2.05, 4.69) is 0 Å². The van der Waals surface area contributed by atoms with Gasteiger partial charge >= 0.3 is 10.2 Å². The minimum Gasteiger partial charge on any atom is -0.391 e. The first-order chi connectivity index (χ1) is 10.7. The van der Waals surface area contributed by atoms with Gasteiger partial charge in [0.1, 0.15) is 11.6 Å². The molecule has 2 saturated heterocycles. The van der Waals surface area contributed by atoms with Crippen LogP contribution in [0.25, 0.3) is 0 Å². The van der Waals surface area contributed by atoms with Crippen molar-refractivity contribution in [1.82, 2.24) is 4.31 Å². The van der Waals surface area contributed by atoms with Gasteiger partial charge in [-0.2, -0.15) is 22.3 Å². The second kappa shape index (κ2) is 4.92. The Balaban J connectivity index is 2.21. The van der Waals surface area contributed by atoms with E-state index in [0.717, 1.165) is 4.31 Å². The second-order valence-electron chi connectivity index (χ2n) is 5.78. The van der Waals surface area contributed by atoms with Crippen molar-refractivity contribution in [3.05, 3.63) is 28.3 Å². The zero-order chi connectivity index (χ0) is 17.2. The molecule has 2 aliphatic heterocycles. The van der Waals surface area contributed by atoms with Crippen molar-refractivity contribution in [2.75, 3.05) is 10.8 Å². The molecule has 1 amide bonds. The van der Waals surface area contributed by atoms with Gasteiger partial charge < -0.3 is 5.11 Å². The molecular formula is C14H14ClN3O4S. The SMILES string of the molecule is Cc1c(N2C(=O)C3(C)[C@H](O)CCN3S2(=O)=O)ccc(C#N)c1Cl. The van der Waals surface area contributed by atoms with Gasteiger partial charge in [-0.3, -0.25) is 4.79 Å². The zero-order valence-corrected chi connectivity index (χ0v) is 14.0. The minimum atomic E-state index is -4.10. The van der Waals surface area contributed by atoms with Gasteiger partial charge in [-0.1, -0.05) is 11.6 Å². The van der Waals surface area contributed by atoms with Gasteiger partial charge in [-0.25, -0.2) is 0 Å². The van der Waals surface area contributed by atoms with Gasteiger partial charge in [-0.05, 0) is 38.0 Å². The monoisotopic (exact) mass is 355 g/mol. The average molecular weight is 356 g/mol. The molecule has 7 nitrogen and oxygen atoms in total. The Morgan fingerprint density at radius 1 is 1.48 bits per heavy atom. The number of benzene rings is 1. The summed E-state index contributed by atoms with van der Waals surface area (Å²) in [5.41, 5.74) is -0.890. The Bertz CT molecular complexity index is 864. The maximum Gasteiger partial charge on any atom is 0.311 e. The van der Waals surface area contributed by atoms with Crippen LogP contribution in [0.15, 0.2) is 12.1 Å². The maximum absolute atomic E-state index is 12.8. The molecule has 1 aromatic rings. The molecule has 2 aliphatic rings. The Kier molecular flexibility index (Phi) is 3.46. The Morgan fingerprint density at radius 3 is 2.70 bits per heavy atom. The highest BCUT2D eigenvalue weighted by atomic mass is 35.5. The fraction of sp³-hybridized carbons (Fsp3) is 0.429. The lowest BCUT2D eigenvalue weighted by atomic mass is 9.95. The van der Waals surface area contributed by atoms with Crippen LogP contribution in [0.4, 0.5) is 5.69 Å². The second-order valence-corrected chi connectivity index (χ2v) is 7.86. The summed E-state index contributed by atoms with van der Waals surface area (Å²) in [5, 5.41) is 19.2. The molecule has 0 aliphatic carbocycles. The van der Waals surface area contributed by atoms with Crippen LogP contribution in [0.1, 0.15) is 24.5 Å². The minimum absolute atomic E-state index is 0.0747. The first-order valence-electron chi connectivity index (χ1n) is 6.92. The van der Waals surface area contributed by atoms with Crippen molar-refractivity contribution in [2.24, 2.45) is 0 Å². The number of halogens is 1. The molecule has 122 valence electrons. The van der Waals surface area contributed by atoms with Crippen molar-refractivity contribution in [1.29, 1.82) is 5.26 Å². The number of carbonyl (C=O) groups is 1. The van der Waals surface area contributed by atoms with Crippen LogP contribution >= 0.6 is 11.6 Å². The van der Waals surface area contributed by atoms with E-state index in [9.17, 15) is 18.3 Å². The van der Waals surface area contributed by atoms with E-state index in [1.807, 2.05) is 6.07 Å². The Morgan fingerprint density at radius 2 is 2.13 bits per heavy atom. The first kappa shape index (κ1) is 16.2. The highest BCUT2D eigenvalue weighted by Gasteiger charge is 2.65. The van der Waals surface area contributed by atoms with Crippen LogP contribution in [0, 0.1) is 18.3 Å². The molecule has 3 rings (SSSR count). The summed E-state index contributed by atoms with van der Waals surface area (Å²) in [5.74, 6) is -0.716. The number of amides is 1. The summed E-state index contributed by atoms with van der Waals surface area (Å²) in [7, 11) is -4.10. The molecule has 1 aromatic carbocycles. The van der Waals surface area contributed by atoms with Gasteiger partial charge in [0, 0.05) is 6.54 Å². The molecule has 0 radical (unpaired) electrons. The maximum atomic E-state index is 12.8. The van der Waals surface area contributed by atoms with Crippen LogP contribution in [-0.4, -0.2) is 41.9 Å². The third kappa shape index (κ3) is 1.88. The topological polar surface area (TPSA) is 102 Å². The predicted molar refractivity (Wildman–Crippen MR) is 83.0 cm³/mol. The van der Waals surface area contributed by atoms with Crippen molar-refractivity contribution in [2.45, 2.75) is 31.9 Å².